The Bertz CT molecular complexity index is 1250. The van der Waals surface area contributed by atoms with Gasteiger partial charge in [0.25, 0.3) is 0 Å². The number of aromatic nitrogens is 7. The van der Waals surface area contributed by atoms with E-state index in [1.54, 1.807) is 0 Å². The van der Waals surface area contributed by atoms with Crippen molar-refractivity contribution >= 4 is 0 Å². The van der Waals surface area contributed by atoms with Crippen molar-refractivity contribution in [2.75, 3.05) is 0 Å². The first-order valence-electron chi connectivity index (χ1n) is 13.1. The van der Waals surface area contributed by atoms with Gasteiger partial charge in [0, 0.05) is 23.9 Å². The Labute approximate surface area is 212 Å². The van der Waals surface area contributed by atoms with Crippen LogP contribution in [-0.4, -0.2) is 41.4 Å². The first-order valence-corrected chi connectivity index (χ1v) is 13.1. The molecule has 2 heterocycles. The molecule has 36 heavy (non-hydrogen) atoms. The van der Waals surface area contributed by atoms with E-state index in [4.69, 9.17) is 15.8 Å². The third kappa shape index (κ3) is 5.38. The zero-order valence-electron chi connectivity index (χ0n) is 21.4. The third-order valence-corrected chi connectivity index (χ3v) is 7.38. The number of tetrazole rings is 1. The largest absolute Gasteiger partial charge is 0.328 e. The number of rotatable bonds is 8. The van der Waals surface area contributed by atoms with Gasteiger partial charge in [0.05, 0.1) is 6.54 Å². The van der Waals surface area contributed by atoms with Crippen molar-refractivity contribution in [1.82, 2.24) is 35.4 Å². The quantitative estimate of drug-likeness (QED) is 0.364. The van der Waals surface area contributed by atoms with E-state index in [0.717, 1.165) is 47.6 Å². The summed E-state index contributed by atoms with van der Waals surface area (Å²) in [6, 6.07) is 17.2. The average Bonchev–Trinajstić information content (AvgIpc) is 3.55. The van der Waals surface area contributed by atoms with Gasteiger partial charge in [0.1, 0.15) is 5.82 Å². The maximum Gasteiger partial charge on any atom is 0.205 e. The lowest BCUT2D eigenvalue weighted by atomic mass is 9.79. The number of benzene rings is 2. The molecule has 0 radical (unpaired) electrons. The zero-order valence-corrected chi connectivity index (χ0v) is 21.4. The van der Waals surface area contributed by atoms with Crippen molar-refractivity contribution in [3.05, 3.63) is 65.7 Å². The summed E-state index contributed by atoms with van der Waals surface area (Å²) in [6.45, 7) is 7.47. The van der Waals surface area contributed by atoms with Gasteiger partial charge in [-0.1, -0.05) is 69.3 Å². The molecule has 0 aliphatic heterocycles. The Kier molecular flexibility index (Phi) is 7.23. The van der Waals surface area contributed by atoms with Crippen molar-refractivity contribution in [1.29, 1.82) is 0 Å². The van der Waals surface area contributed by atoms with E-state index in [2.05, 4.69) is 76.4 Å². The predicted molar refractivity (Wildman–Crippen MR) is 141 cm³/mol. The van der Waals surface area contributed by atoms with E-state index in [-0.39, 0.29) is 0 Å². The fourth-order valence-corrected chi connectivity index (χ4v) is 5.33. The van der Waals surface area contributed by atoms with E-state index < -0.39 is 0 Å². The van der Waals surface area contributed by atoms with Crippen LogP contribution in [0, 0.1) is 11.8 Å². The molecule has 2 aromatic carbocycles. The van der Waals surface area contributed by atoms with Gasteiger partial charge >= 0.3 is 0 Å². The second-order valence-electron chi connectivity index (χ2n) is 10.6. The van der Waals surface area contributed by atoms with Crippen molar-refractivity contribution in [3.8, 4) is 22.5 Å². The SMILES string of the molecule is CC(C)Cc1nc(C(C)C2CCC(N)CC2)n(Cc2ccc(-c3ccccc3-c3nn[nH]n3)cc2)n1. The number of aromatic amines is 1. The Balaban J connectivity index is 1.39. The van der Waals surface area contributed by atoms with E-state index in [0.29, 0.717) is 36.2 Å². The Morgan fingerprint density at radius 2 is 1.69 bits per heavy atom. The zero-order chi connectivity index (χ0) is 25.1. The van der Waals surface area contributed by atoms with Crippen LogP contribution in [-0.2, 0) is 13.0 Å². The molecule has 0 saturated heterocycles. The molecule has 3 N–H and O–H groups in total. The van der Waals surface area contributed by atoms with Crippen LogP contribution in [0.5, 0.6) is 0 Å². The average molecular weight is 485 g/mol. The van der Waals surface area contributed by atoms with Gasteiger partial charge in [-0.05, 0) is 59.4 Å². The summed E-state index contributed by atoms with van der Waals surface area (Å²) in [5, 5.41) is 19.5. The molecular formula is C28H36N8. The van der Waals surface area contributed by atoms with Gasteiger partial charge in [-0.15, -0.1) is 10.2 Å². The molecule has 0 spiro atoms. The summed E-state index contributed by atoms with van der Waals surface area (Å²) in [4.78, 5) is 5.04. The lowest BCUT2D eigenvalue weighted by Gasteiger charge is -2.30. The van der Waals surface area contributed by atoms with Crippen LogP contribution in [0.15, 0.2) is 48.5 Å². The van der Waals surface area contributed by atoms with Crippen LogP contribution in [0.3, 0.4) is 0 Å². The predicted octanol–water partition coefficient (Wildman–Crippen LogP) is 4.99. The Hall–Kier alpha value is -3.39. The first kappa shape index (κ1) is 24.3. The van der Waals surface area contributed by atoms with E-state index in [1.807, 2.05) is 18.2 Å². The van der Waals surface area contributed by atoms with E-state index in [9.17, 15) is 0 Å². The van der Waals surface area contributed by atoms with Crippen molar-refractivity contribution in [3.63, 3.8) is 0 Å². The van der Waals surface area contributed by atoms with Gasteiger partial charge in [-0.25, -0.2) is 9.67 Å². The van der Waals surface area contributed by atoms with E-state index in [1.165, 1.54) is 18.4 Å². The van der Waals surface area contributed by atoms with Gasteiger partial charge in [-0.2, -0.15) is 10.3 Å². The molecule has 2 aromatic heterocycles. The standard InChI is InChI=1S/C28H36N8/c1-18(2)16-26-30-28(19(3)21-12-14-23(29)15-13-21)36(33-26)17-20-8-10-22(11-9-20)24-6-4-5-7-25(24)27-31-34-35-32-27/h4-11,18-19,21,23H,12-17,29H2,1-3H3,(H,31,32,34,35). The lowest BCUT2D eigenvalue weighted by molar-refractivity contribution is 0.281. The number of hydrogen-bond acceptors (Lipinski definition) is 6. The summed E-state index contributed by atoms with van der Waals surface area (Å²) in [6.07, 6.45) is 5.45. The molecular weight excluding hydrogens is 448 g/mol. The summed E-state index contributed by atoms with van der Waals surface area (Å²) in [5.74, 6) is 4.16. The minimum absolute atomic E-state index is 0.353. The summed E-state index contributed by atoms with van der Waals surface area (Å²) in [7, 11) is 0. The van der Waals surface area contributed by atoms with Gasteiger partial charge in [0.2, 0.25) is 5.82 Å². The van der Waals surface area contributed by atoms with Crippen molar-refractivity contribution in [2.24, 2.45) is 17.6 Å². The van der Waals surface area contributed by atoms with Crippen LogP contribution < -0.4 is 5.73 Å². The molecule has 0 bridgehead atoms. The van der Waals surface area contributed by atoms with Crippen LogP contribution in [0.2, 0.25) is 0 Å². The van der Waals surface area contributed by atoms with Crippen LogP contribution in [0.4, 0.5) is 0 Å². The van der Waals surface area contributed by atoms with Gasteiger partial charge in [-0.3, -0.25) is 0 Å². The highest BCUT2D eigenvalue weighted by Crippen LogP contribution is 2.35. The second-order valence-corrected chi connectivity index (χ2v) is 10.6. The minimum Gasteiger partial charge on any atom is -0.328 e. The highest BCUT2D eigenvalue weighted by Gasteiger charge is 2.28. The number of nitrogens with zero attached hydrogens (tertiary/aromatic N) is 6. The van der Waals surface area contributed by atoms with E-state index >= 15 is 0 Å². The number of nitrogens with two attached hydrogens (primary N) is 1. The molecule has 5 rings (SSSR count). The van der Waals surface area contributed by atoms with Gasteiger partial charge < -0.3 is 5.73 Å². The molecule has 4 aromatic rings. The molecule has 1 aliphatic rings. The van der Waals surface area contributed by atoms with Crippen LogP contribution in [0.25, 0.3) is 22.5 Å². The van der Waals surface area contributed by atoms with Crippen LogP contribution in [0.1, 0.15) is 69.6 Å². The molecule has 1 unspecified atom stereocenters. The fraction of sp³-hybridized carbons (Fsp3) is 0.464. The molecule has 8 heteroatoms. The number of hydrogen-bond donors (Lipinski definition) is 2. The normalized spacial score (nSPS) is 19.0. The molecule has 1 atom stereocenters. The lowest BCUT2D eigenvalue weighted by Crippen LogP contribution is -2.29. The molecule has 0 amide bonds. The second kappa shape index (κ2) is 10.7. The molecule has 1 saturated carbocycles. The Morgan fingerprint density at radius 1 is 0.972 bits per heavy atom. The summed E-state index contributed by atoms with van der Waals surface area (Å²) >= 11 is 0. The third-order valence-electron chi connectivity index (χ3n) is 7.38. The smallest absolute Gasteiger partial charge is 0.205 e. The molecule has 1 fully saturated rings. The monoisotopic (exact) mass is 484 g/mol. The highest BCUT2D eigenvalue weighted by atomic mass is 15.5. The maximum absolute atomic E-state index is 6.17. The number of H-pyrrole nitrogens is 1. The topological polar surface area (TPSA) is 111 Å². The summed E-state index contributed by atoms with van der Waals surface area (Å²) in [5.41, 5.74) is 10.5. The maximum atomic E-state index is 6.17. The van der Waals surface area contributed by atoms with Crippen LogP contribution >= 0.6 is 0 Å². The molecule has 8 nitrogen and oxygen atoms in total. The fourth-order valence-electron chi connectivity index (χ4n) is 5.33. The molecule has 1 aliphatic carbocycles. The Morgan fingerprint density at radius 3 is 2.36 bits per heavy atom. The van der Waals surface area contributed by atoms with Crippen molar-refractivity contribution in [2.45, 2.75) is 71.4 Å². The highest BCUT2D eigenvalue weighted by molar-refractivity contribution is 5.80. The molecule has 188 valence electrons. The van der Waals surface area contributed by atoms with Gasteiger partial charge in [0.15, 0.2) is 5.82 Å². The summed E-state index contributed by atoms with van der Waals surface area (Å²) < 4.78 is 2.14. The first-order chi connectivity index (χ1) is 17.5. The minimum atomic E-state index is 0.353. The van der Waals surface area contributed by atoms with Crippen molar-refractivity contribution < 1.29 is 0 Å². The number of nitrogens with one attached hydrogen (secondary N) is 1.